The summed E-state index contributed by atoms with van der Waals surface area (Å²) in [7, 11) is 0. The number of aryl methyl sites for hydroxylation is 1. The minimum Gasteiger partial charge on any atom is -0.444 e. The first-order valence-corrected chi connectivity index (χ1v) is 5.99. The number of anilines is 1. The Morgan fingerprint density at radius 2 is 1.94 bits per heavy atom. The zero-order valence-corrected chi connectivity index (χ0v) is 11.4. The summed E-state index contributed by atoms with van der Waals surface area (Å²) in [6, 6.07) is 0. The summed E-state index contributed by atoms with van der Waals surface area (Å²) in [5, 5.41) is 2.89. The molecule has 17 heavy (non-hydrogen) atoms. The quantitative estimate of drug-likeness (QED) is 0.826. The molecule has 0 aliphatic rings. The third-order valence-corrected chi connectivity index (χ3v) is 2.62. The number of hydrogen-bond acceptors (Lipinski definition) is 5. The fraction of sp³-hybridized carbons (Fsp3) is 0.545. The van der Waals surface area contributed by atoms with Crippen molar-refractivity contribution in [2.75, 3.05) is 5.32 Å². The van der Waals surface area contributed by atoms with Crippen molar-refractivity contribution in [3.63, 3.8) is 0 Å². The predicted octanol–water partition coefficient (Wildman–Crippen LogP) is 3.00. The molecule has 0 saturated heterocycles. The molecule has 1 amide bonds. The minimum absolute atomic E-state index is 0.115. The number of carbonyl (C=O) groups excluding carboxylic acids is 2. The van der Waals surface area contributed by atoms with Crippen molar-refractivity contribution in [3.05, 3.63) is 10.6 Å². The van der Waals surface area contributed by atoms with Gasteiger partial charge in [-0.15, -0.1) is 11.3 Å². The molecule has 0 bridgehead atoms. The van der Waals surface area contributed by atoms with Crippen molar-refractivity contribution in [1.29, 1.82) is 0 Å². The molecule has 94 valence electrons. The Balaban J connectivity index is 2.73. The van der Waals surface area contributed by atoms with E-state index in [2.05, 4.69) is 10.3 Å². The Bertz CT molecular complexity index is 446. The number of nitrogens with one attached hydrogen (secondary N) is 1. The average molecular weight is 256 g/mol. The number of carbonyl (C=O) groups is 2. The van der Waals surface area contributed by atoms with Gasteiger partial charge in [0, 0.05) is 11.8 Å². The second kappa shape index (κ2) is 4.83. The predicted molar refractivity (Wildman–Crippen MR) is 66.7 cm³/mol. The number of nitrogens with zero attached hydrogens (tertiary/aromatic N) is 1. The van der Waals surface area contributed by atoms with Crippen LogP contribution in [0.4, 0.5) is 9.93 Å². The van der Waals surface area contributed by atoms with E-state index in [1.54, 1.807) is 27.7 Å². The molecule has 0 atom stereocenters. The maximum Gasteiger partial charge on any atom is 0.413 e. The van der Waals surface area contributed by atoms with E-state index in [9.17, 15) is 9.59 Å². The molecule has 0 fully saturated rings. The molecule has 0 spiro atoms. The molecule has 1 rings (SSSR count). The highest BCUT2D eigenvalue weighted by atomic mass is 32.1. The van der Waals surface area contributed by atoms with E-state index in [1.807, 2.05) is 0 Å². The van der Waals surface area contributed by atoms with Crippen LogP contribution in [0.2, 0.25) is 0 Å². The summed E-state index contributed by atoms with van der Waals surface area (Å²) in [6.07, 6.45) is -0.568. The van der Waals surface area contributed by atoms with E-state index >= 15 is 0 Å². The molecule has 0 radical (unpaired) electrons. The lowest BCUT2D eigenvalue weighted by atomic mass is 10.2. The Labute approximate surface area is 104 Å². The molecule has 0 aliphatic carbocycles. The van der Waals surface area contributed by atoms with Crippen LogP contribution in [0.1, 0.15) is 43.1 Å². The topological polar surface area (TPSA) is 68.3 Å². The Kier molecular flexibility index (Phi) is 3.87. The molecule has 6 heteroatoms. The van der Waals surface area contributed by atoms with Gasteiger partial charge in [-0.05, 0) is 27.7 Å². The van der Waals surface area contributed by atoms with E-state index < -0.39 is 11.7 Å². The summed E-state index contributed by atoms with van der Waals surface area (Å²) < 4.78 is 5.08. The van der Waals surface area contributed by atoms with Gasteiger partial charge in [0.2, 0.25) is 0 Å². The largest absolute Gasteiger partial charge is 0.444 e. The minimum atomic E-state index is -0.568. The monoisotopic (exact) mass is 256 g/mol. The molecule has 1 N–H and O–H groups in total. The van der Waals surface area contributed by atoms with Gasteiger partial charge in [-0.3, -0.25) is 10.1 Å². The van der Waals surface area contributed by atoms with Crippen molar-refractivity contribution in [1.82, 2.24) is 4.98 Å². The maximum atomic E-state index is 11.5. The van der Waals surface area contributed by atoms with Gasteiger partial charge in [0.25, 0.3) is 0 Å². The highest BCUT2D eigenvalue weighted by Gasteiger charge is 2.18. The zero-order chi connectivity index (χ0) is 13.2. The van der Waals surface area contributed by atoms with Gasteiger partial charge in [0.15, 0.2) is 10.9 Å². The summed E-state index contributed by atoms with van der Waals surface area (Å²) in [6.45, 7) is 8.57. The molecule has 1 heterocycles. The van der Waals surface area contributed by atoms with Crippen LogP contribution in [0.25, 0.3) is 0 Å². The number of rotatable bonds is 2. The maximum absolute atomic E-state index is 11.5. The number of ketones is 1. The van der Waals surface area contributed by atoms with Gasteiger partial charge in [0.05, 0.1) is 0 Å². The SMILES string of the molecule is CC(=O)c1nc(NC(=O)OC(C)(C)C)sc1C. The van der Waals surface area contributed by atoms with Crippen LogP contribution in [-0.4, -0.2) is 22.5 Å². The van der Waals surface area contributed by atoms with E-state index in [4.69, 9.17) is 4.74 Å². The van der Waals surface area contributed by atoms with Crippen LogP contribution < -0.4 is 5.32 Å². The normalized spacial score (nSPS) is 11.1. The van der Waals surface area contributed by atoms with Crippen LogP contribution in [0, 0.1) is 6.92 Å². The zero-order valence-electron chi connectivity index (χ0n) is 10.6. The van der Waals surface area contributed by atoms with E-state index in [-0.39, 0.29) is 5.78 Å². The molecule has 5 nitrogen and oxygen atoms in total. The van der Waals surface area contributed by atoms with Crippen LogP contribution >= 0.6 is 11.3 Å². The number of Topliss-reactive ketones (excluding diaryl/α,β-unsaturated/α-hetero) is 1. The van der Waals surface area contributed by atoms with E-state index in [0.29, 0.717) is 10.8 Å². The highest BCUT2D eigenvalue weighted by Crippen LogP contribution is 2.22. The molecule has 1 aromatic heterocycles. The fourth-order valence-electron chi connectivity index (χ4n) is 1.17. The van der Waals surface area contributed by atoms with Gasteiger partial charge in [-0.2, -0.15) is 0 Å². The number of amides is 1. The van der Waals surface area contributed by atoms with Crippen LogP contribution in [0.15, 0.2) is 0 Å². The van der Waals surface area contributed by atoms with Crippen LogP contribution in [0.3, 0.4) is 0 Å². The summed E-state index contributed by atoms with van der Waals surface area (Å²) in [5.41, 5.74) is -0.166. The van der Waals surface area contributed by atoms with Gasteiger partial charge in [-0.1, -0.05) is 0 Å². The van der Waals surface area contributed by atoms with E-state index in [0.717, 1.165) is 4.88 Å². The Hall–Kier alpha value is -1.43. The lowest BCUT2D eigenvalue weighted by Gasteiger charge is -2.18. The molecule has 1 aromatic rings. The molecule has 0 unspecified atom stereocenters. The first-order chi connectivity index (χ1) is 7.69. The summed E-state index contributed by atoms with van der Waals surface area (Å²) in [5.74, 6) is -0.115. The highest BCUT2D eigenvalue weighted by molar-refractivity contribution is 7.16. The van der Waals surface area contributed by atoms with Crippen molar-refractivity contribution in [3.8, 4) is 0 Å². The fourth-order valence-corrected chi connectivity index (χ4v) is 2.01. The number of hydrogen-bond donors (Lipinski definition) is 1. The number of thiazole rings is 1. The summed E-state index contributed by atoms with van der Waals surface area (Å²) in [4.78, 5) is 27.5. The third kappa shape index (κ3) is 4.14. The number of ether oxygens (including phenoxy) is 1. The summed E-state index contributed by atoms with van der Waals surface area (Å²) >= 11 is 1.25. The second-order valence-corrected chi connectivity index (χ2v) is 5.81. The molecule has 0 aromatic carbocycles. The van der Waals surface area contributed by atoms with Crippen molar-refractivity contribution >= 4 is 28.3 Å². The molecular weight excluding hydrogens is 240 g/mol. The first kappa shape index (κ1) is 13.6. The van der Waals surface area contributed by atoms with Gasteiger partial charge in [-0.25, -0.2) is 9.78 Å². The third-order valence-electron chi connectivity index (χ3n) is 1.74. The lowest BCUT2D eigenvalue weighted by Crippen LogP contribution is -2.27. The second-order valence-electron chi connectivity index (χ2n) is 4.61. The van der Waals surface area contributed by atoms with Crippen molar-refractivity contribution in [2.45, 2.75) is 40.2 Å². The standard InChI is InChI=1S/C11H16N2O3S/c1-6(14)8-7(2)17-9(12-8)13-10(15)16-11(3,4)5/h1-5H3,(H,12,13,15). The Morgan fingerprint density at radius 1 is 1.35 bits per heavy atom. The Morgan fingerprint density at radius 3 is 2.35 bits per heavy atom. The van der Waals surface area contributed by atoms with Crippen molar-refractivity contribution < 1.29 is 14.3 Å². The van der Waals surface area contributed by atoms with E-state index in [1.165, 1.54) is 18.3 Å². The molecular formula is C11H16N2O3S. The lowest BCUT2D eigenvalue weighted by molar-refractivity contribution is 0.0635. The molecule has 0 aliphatic heterocycles. The van der Waals surface area contributed by atoms with Gasteiger partial charge < -0.3 is 4.74 Å². The van der Waals surface area contributed by atoms with Crippen molar-refractivity contribution in [2.24, 2.45) is 0 Å². The number of aromatic nitrogens is 1. The molecule has 0 saturated carbocycles. The van der Waals surface area contributed by atoms with Crippen LogP contribution in [0.5, 0.6) is 0 Å². The van der Waals surface area contributed by atoms with Crippen LogP contribution in [-0.2, 0) is 4.74 Å². The first-order valence-electron chi connectivity index (χ1n) is 5.17. The average Bonchev–Trinajstić information content (AvgIpc) is 2.42. The van der Waals surface area contributed by atoms with Gasteiger partial charge in [0.1, 0.15) is 11.3 Å². The van der Waals surface area contributed by atoms with Gasteiger partial charge >= 0.3 is 6.09 Å². The smallest absolute Gasteiger partial charge is 0.413 e.